The average Bonchev–Trinajstić information content (AvgIpc) is 3.28. The Labute approximate surface area is 196 Å². The predicted molar refractivity (Wildman–Crippen MR) is 113 cm³/mol. The van der Waals surface area contributed by atoms with Crippen molar-refractivity contribution in [1.29, 1.82) is 0 Å². The van der Waals surface area contributed by atoms with Crippen LogP contribution in [0, 0.1) is 0 Å². The summed E-state index contributed by atoms with van der Waals surface area (Å²) in [5.74, 6) is -3.84. The second-order valence-corrected chi connectivity index (χ2v) is 7.97. The van der Waals surface area contributed by atoms with Crippen molar-refractivity contribution in [2.75, 3.05) is 11.9 Å². The van der Waals surface area contributed by atoms with Gasteiger partial charge in [0, 0.05) is 18.7 Å². The molecule has 0 radical (unpaired) electrons. The normalized spacial score (nSPS) is 17.1. The van der Waals surface area contributed by atoms with Gasteiger partial charge < -0.3 is 15.5 Å². The number of nitrogens with one attached hydrogen (secondary N) is 2. The quantitative estimate of drug-likeness (QED) is 0.589. The maximum absolute atomic E-state index is 13.2. The minimum atomic E-state index is -5.21. The van der Waals surface area contributed by atoms with Gasteiger partial charge in [0.15, 0.2) is 0 Å². The Morgan fingerprint density at radius 1 is 0.943 bits per heavy atom. The summed E-state index contributed by atoms with van der Waals surface area (Å²) in [5.41, 5.74) is -0.343. The van der Waals surface area contributed by atoms with E-state index < -0.39 is 47.7 Å². The molecule has 3 rings (SSSR count). The summed E-state index contributed by atoms with van der Waals surface area (Å²) < 4.78 is 76.8. The number of benzene rings is 2. The minimum absolute atomic E-state index is 0.0634. The molecule has 2 aromatic rings. The lowest BCUT2D eigenvalue weighted by Crippen LogP contribution is -2.55. The third-order valence-electron chi connectivity index (χ3n) is 5.46. The molecule has 0 spiro atoms. The molecule has 0 aliphatic carbocycles. The summed E-state index contributed by atoms with van der Waals surface area (Å²) in [7, 11) is 0. The molecule has 1 fully saturated rings. The van der Waals surface area contributed by atoms with Gasteiger partial charge in [-0.05, 0) is 42.7 Å². The first-order valence-electron chi connectivity index (χ1n) is 10.6. The van der Waals surface area contributed by atoms with Crippen molar-refractivity contribution in [3.05, 3.63) is 65.7 Å². The highest BCUT2D eigenvalue weighted by atomic mass is 19.4. The van der Waals surface area contributed by atoms with Crippen molar-refractivity contribution >= 4 is 23.4 Å². The van der Waals surface area contributed by atoms with Gasteiger partial charge in [-0.25, -0.2) is 0 Å². The number of hydrogen-bond acceptors (Lipinski definition) is 3. The molecule has 35 heavy (non-hydrogen) atoms. The van der Waals surface area contributed by atoms with E-state index in [0.717, 1.165) is 29.2 Å². The fourth-order valence-electron chi connectivity index (χ4n) is 3.76. The molecular formula is C23H21F6N3O3. The van der Waals surface area contributed by atoms with E-state index in [1.165, 1.54) is 0 Å². The van der Waals surface area contributed by atoms with E-state index in [-0.39, 0.29) is 25.1 Å². The summed E-state index contributed by atoms with van der Waals surface area (Å²) in [5, 5.41) is 4.15. The third kappa shape index (κ3) is 6.74. The Morgan fingerprint density at radius 2 is 1.57 bits per heavy atom. The SMILES string of the molecule is O=C(Nc1ccc(C(F)(F)F)cc1)C1CCCN1C(=O)C(Cc1ccccc1)NC(=O)C(F)(F)F. The Balaban J connectivity index is 1.76. The number of halogens is 6. The van der Waals surface area contributed by atoms with Crippen molar-refractivity contribution in [1.82, 2.24) is 10.2 Å². The lowest BCUT2D eigenvalue weighted by molar-refractivity contribution is -0.175. The zero-order valence-electron chi connectivity index (χ0n) is 18.1. The Hall–Kier alpha value is -3.57. The number of anilines is 1. The minimum Gasteiger partial charge on any atom is -0.336 e. The smallest absolute Gasteiger partial charge is 0.336 e. The Bertz CT molecular complexity index is 1050. The molecule has 3 amide bonds. The molecule has 0 saturated carbocycles. The molecule has 6 nitrogen and oxygen atoms in total. The third-order valence-corrected chi connectivity index (χ3v) is 5.46. The highest BCUT2D eigenvalue weighted by Crippen LogP contribution is 2.30. The van der Waals surface area contributed by atoms with Crippen LogP contribution in [-0.4, -0.2) is 47.4 Å². The maximum Gasteiger partial charge on any atom is 0.471 e. The number of rotatable bonds is 6. The highest BCUT2D eigenvalue weighted by molar-refractivity contribution is 5.99. The van der Waals surface area contributed by atoms with Gasteiger partial charge in [-0.3, -0.25) is 14.4 Å². The molecule has 2 atom stereocenters. The molecule has 1 aliphatic rings. The van der Waals surface area contributed by atoms with Gasteiger partial charge >= 0.3 is 18.3 Å². The number of carbonyl (C=O) groups is 3. The first kappa shape index (κ1) is 26.0. The molecule has 1 heterocycles. The molecule has 12 heteroatoms. The molecule has 1 aliphatic heterocycles. The lowest BCUT2D eigenvalue weighted by Gasteiger charge is -2.29. The van der Waals surface area contributed by atoms with E-state index in [1.807, 2.05) is 0 Å². The number of likely N-dealkylation sites (tertiary alicyclic amines) is 1. The van der Waals surface area contributed by atoms with Crippen LogP contribution in [-0.2, 0) is 27.0 Å². The number of carbonyl (C=O) groups excluding carboxylic acids is 3. The van der Waals surface area contributed by atoms with Crippen LogP contribution in [0.5, 0.6) is 0 Å². The van der Waals surface area contributed by atoms with Crippen molar-refractivity contribution in [3.8, 4) is 0 Å². The van der Waals surface area contributed by atoms with Gasteiger partial charge in [0.05, 0.1) is 5.56 Å². The van der Waals surface area contributed by atoms with Crippen LogP contribution in [0.15, 0.2) is 54.6 Å². The standard InChI is InChI=1S/C23H21F6N3O3/c24-22(25,26)15-8-10-16(11-9-15)30-19(33)18-7-4-12-32(18)20(34)17(31-21(35)23(27,28)29)13-14-5-2-1-3-6-14/h1-3,5-6,8-11,17-18H,4,7,12-13H2,(H,30,33)(H,31,35). The summed E-state index contributed by atoms with van der Waals surface area (Å²) in [6.45, 7) is 0.0666. The zero-order valence-corrected chi connectivity index (χ0v) is 18.1. The fraction of sp³-hybridized carbons (Fsp3) is 0.348. The van der Waals surface area contributed by atoms with Gasteiger partial charge in [-0.1, -0.05) is 30.3 Å². The molecule has 1 saturated heterocycles. The molecule has 2 unspecified atom stereocenters. The Kier molecular flexibility index (Phi) is 7.71. The summed E-state index contributed by atoms with van der Waals surface area (Å²) in [6.07, 6.45) is -9.41. The van der Waals surface area contributed by atoms with Crippen LogP contribution in [0.2, 0.25) is 0 Å². The largest absolute Gasteiger partial charge is 0.471 e. The van der Waals surface area contributed by atoms with Gasteiger partial charge in [0.1, 0.15) is 12.1 Å². The monoisotopic (exact) mass is 501 g/mol. The van der Waals surface area contributed by atoms with Gasteiger partial charge in [-0.2, -0.15) is 26.3 Å². The molecule has 0 bridgehead atoms. The van der Waals surface area contributed by atoms with Crippen LogP contribution >= 0.6 is 0 Å². The van der Waals surface area contributed by atoms with Crippen LogP contribution < -0.4 is 10.6 Å². The van der Waals surface area contributed by atoms with Crippen molar-refractivity contribution in [2.45, 2.75) is 43.7 Å². The van der Waals surface area contributed by atoms with E-state index >= 15 is 0 Å². The summed E-state index contributed by atoms with van der Waals surface area (Å²) in [6, 6.07) is 9.14. The van der Waals surface area contributed by atoms with Crippen LogP contribution in [0.25, 0.3) is 0 Å². The molecular weight excluding hydrogens is 480 g/mol. The molecule has 2 N–H and O–H groups in total. The van der Waals surface area contributed by atoms with E-state index in [4.69, 9.17) is 0 Å². The second-order valence-electron chi connectivity index (χ2n) is 7.97. The van der Waals surface area contributed by atoms with Crippen LogP contribution in [0.4, 0.5) is 32.0 Å². The topological polar surface area (TPSA) is 78.5 Å². The highest BCUT2D eigenvalue weighted by Gasteiger charge is 2.43. The van der Waals surface area contributed by atoms with E-state index in [0.29, 0.717) is 12.0 Å². The number of hydrogen-bond donors (Lipinski definition) is 2. The zero-order chi connectivity index (χ0) is 25.8. The predicted octanol–water partition coefficient (Wildman–Crippen LogP) is 3.92. The maximum atomic E-state index is 13.2. The van der Waals surface area contributed by atoms with Gasteiger partial charge in [0.25, 0.3) is 0 Å². The molecule has 188 valence electrons. The first-order valence-corrected chi connectivity index (χ1v) is 10.6. The van der Waals surface area contributed by atoms with E-state index in [9.17, 15) is 40.7 Å². The lowest BCUT2D eigenvalue weighted by atomic mass is 10.0. The van der Waals surface area contributed by atoms with Crippen molar-refractivity contribution in [2.24, 2.45) is 0 Å². The molecule has 0 aromatic heterocycles. The number of alkyl halides is 6. The van der Waals surface area contributed by atoms with Crippen molar-refractivity contribution in [3.63, 3.8) is 0 Å². The van der Waals surface area contributed by atoms with E-state index in [2.05, 4.69) is 5.32 Å². The average molecular weight is 501 g/mol. The fourth-order valence-corrected chi connectivity index (χ4v) is 3.76. The van der Waals surface area contributed by atoms with E-state index in [1.54, 1.807) is 35.6 Å². The Morgan fingerprint density at radius 3 is 2.14 bits per heavy atom. The van der Waals surface area contributed by atoms with Gasteiger partial charge in [-0.15, -0.1) is 0 Å². The van der Waals surface area contributed by atoms with Crippen molar-refractivity contribution < 1.29 is 40.7 Å². The van der Waals surface area contributed by atoms with Crippen LogP contribution in [0.1, 0.15) is 24.0 Å². The van der Waals surface area contributed by atoms with Gasteiger partial charge in [0.2, 0.25) is 11.8 Å². The number of nitrogens with zero attached hydrogens (tertiary/aromatic N) is 1. The number of amides is 3. The molecule has 2 aromatic carbocycles. The summed E-state index contributed by atoms with van der Waals surface area (Å²) in [4.78, 5) is 38.6. The van der Waals surface area contributed by atoms with Crippen LogP contribution in [0.3, 0.4) is 0 Å². The first-order chi connectivity index (χ1) is 16.4. The second kappa shape index (κ2) is 10.4. The summed E-state index contributed by atoms with van der Waals surface area (Å²) >= 11 is 0.